The minimum Gasteiger partial charge on any atom is -0.325 e. The zero-order valence-electron chi connectivity index (χ0n) is 9.48. The lowest BCUT2D eigenvalue weighted by Crippen LogP contribution is -2.68. The Hall–Kier alpha value is 0.177. The summed E-state index contributed by atoms with van der Waals surface area (Å²) in [4.78, 5) is 0. The van der Waals surface area contributed by atoms with Gasteiger partial charge in [0.1, 0.15) is 0 Å². The van der Waals surface area contributed by atoms with Gasteiger partial charge in [0.15, 0.2) is 0 Å². The Bertz CT molecular complexity index is 225. The Morgan fingerprint density at radius 3 is 2.08 bits per heavy atom. The Labute approximate surface area is 83.1 Å². The lowest BCUT2D eigenvalue weighted by atomic mass is 9.55. The van der Waals surface area contributed by atoms with Crippen molar-refractivity contribution >= 4 is 8.07 Å². The minimum absolute atomic E-state index is 0.223. The third-order valence-electron chi connectivity index (χ3n) is 5.11. The average molecular weight is 197 g/mol. The number of rotatable bonds is 1. The van der Waals surface area contributed by atoms with Crippen LogP contribution in [0.2, 0.25) is 24.7 Å². The molecule has 0 radical (unpaired) electrons. The van der Waals surface area contributed by atoms with Gasteiger partial charge in [0, 0.05) is 5.54 Å². The van der Waals surface area contributed by atoms with Crippen LogP contribution in [0.15, 0.2) is 0 Å². The van der Waals surface area contributed by atoms with E-state index in [9.17, 15) is 0 Å². The summed E-state index contributed by atoms with van der Waals surface area (Å²) in [6, 6.07) is 0. The molecule has 0 aromatic rings. The molecule has 0 spiro atoms. The molecular weight excluding hydrogens is 174 g/mol. The van der Waals surface area contributed by atoms with Gasteiger partial charge in [-0.1, -0.05) is 26.6 Å². The van der Waals surface area contributed by atoms with Crippen LogP contribution >= 0.6 is 0 Å². The molecule has 1 atom stereocenters. The van der Waals surface area contributed by atoms with Gasteiger partial charge in [-0.2, -0.15) is 0 Å². The average Bonchev–Trinajstić information content (AvgIpc) is 1.90. The molecule has 2 bridgehead atoms. The molecule has 3 aliphatic rings. The lowest BCUT2D eigenvalue weighted by molar-refractivity contribution is 0.0314. The molecule has 3 fully saturated rings. The van der Waals surface area contributed by atoms with Crippen molar-refractivity contribution in [2.24, 2.45) is 11.7 Å². The van der Waals surface area contributed by atoms with Gasteiger partial charge >= 0.3 is 0 Å². The van der Waals surface area contributed by atoms with E-state index in [2.05, 4.69) is 26.6 Å². The van der Waals surface area contributed by atoms with Crippen molar-refractivity contribution in [2.75, 3.05) is 0 Å². The van der Waals surface area contributed by atoms with E-state index in [1.807, 2.05) is 0 Å². The summed E-state index contributed by atoms with van der Waals surface area (Å²) in [5, 5.41) is 0.495. The maximum atomic E-state index is 6.54. The molecule has 3 rings (SSSR count). The number of hydrogen-bond acceptors (Lipinski definition) is 1. The molecule has 0 heterocycles. The standard InChI is InChI=1S/C11H23NSi/c1-10(13(2,3)4)6-5-9-7-11(10,12)8-9/h9H,5-8,12H2,1-4H3/t9?,10-,11?/m0/s1. The maximum absolute atomic E-state index is 6.54. The fourth-order valence-electron chi connectivity index (χ4n) is 3.49. The van der Waals surface area contributed by atoms with E-state index < -0.39 is 8.07 Å². The fourth-order valence-corrected chi connectivity index (χ4v) is 6.08. The van der Waals surface area contributed by atoms with Crippen LogP contribution in [0.25, 0.3) is 0 Å². The Kier molecular flexibility index (Phi) is 1.79. The van der Waals surface area contributed by atoms with Gasteiger partial charge in [-0.25, -0.2) is 0 Å². The number of hydrogen-bond donors (Lipinski definition) is 1. The van der Waals surface area contributed by atoms with Crippen LogP contribution in [0, 0.1) is 5.92 Å². The molecule has 0 aliphatic heterocycles. The molecule has 0 aromatic carbocycles. The highest BCUT2D eigenvalue weighted by Gasteiger charge is 2.61. The topological polar surface area (TPSA) is 26.0 Å². The molecule has 3 aliphatic carbocycles. The van der Waals surface area contributed by atoms with Crippen LogP contribution in [0.5, 0.6) is 0 Å². The smallest absolute Gasteiger partial charge is 0.0525 e. The van der Waals surface area contributed by atoms with Crippen LogP contribution in [0.1, 0.15) is 32.6 Å². The van der Waals surface area contributed by atoms with Crippen LogP contribution in [-0.2, 0) is 0 Å². The van der Waals surface area contributed by atoms with Crippen molar-refractivity contribution in [3.63, 3.8) is 0 Å². The third-order valence-corrected chi connectivity index (χ3v) is 9.17. The molecule has 1 nitrogen and oxygen atoms in total. The van der Waals surface area contributed by atoms with Crippen LogP contribution < -0.4 is 5.73 Å². The van der Waals surface area contributed by atoms with Gasteiger partial charge in [0.2, 0.25) is 0 Å². The highest BCUT2D eigenvalue weighted by molar-refractivity contribution is 6.79. The number of fused-ring (bicyclic) bond motifs is 2. The van der Waals surface area contributed by atoms with Crippen LogP contribution in [0.4, 0.5) is 0 Å². The molecule has 3 saturated carbocycles. The van der Waals surface area contributed by atoms with Gasteiger partial charge in [0.25, 0.3) is 0 Å². The summed E-state index contributed by atoms with van der Waals surface area (Å²) >= 11 is 0. The first-order chi connectivity index (χ1) is 5.79. The van der Waals surface area contributed by atoms with Gasteiger partial charge in [-0.05, 0) is 36.6 Å². The lowest BCUT2D eigenvalue weighted by Gasteiger charge is -2.65. The predicted molar refractivity (Wildman–Crippen MR) is 60.6 cm³/mol. The summed E-state index contributed by atoms with van der Waals surface area (Å²) in [6.07, 6.45) is 5.46. The summed E-state index contributed by atoms with van der Waals surface area (Å²) in [5.41, 5.74) is 6.77. The summed E-state index contributed by atoms with van der Waals surface area (Å²) < 4.78 is 0. The second-order valence-electron chi connectivity index (χ2n) is 6.55. The molecule has 13 heavy (non-hydrogen) atoms. The van der Waals surface area contributed by atoms with Gasteiger partial charge in [-0.3, -0.25) is 0 Å². The van der Waals surface area contributed by atoms with E-state index in [0.29, 0.717) is 5.04 Å². The largest absolute Gasteiger partial charge is 0.325 e. The van der Waals surface area contributed by atoms with Crippen molar-refractivity contribution in [1.29, 1.82) is 0 Å². The zero-order valence-corrected chi connectivity index (χ0v) is 10.5. The first kappa shape index (κ1) is 9.72. The molecular formula is C11H23NSi. The minimum atomic E-state index is -1.10. The summed E-state index contributed by atoms with van der Waals surface area (Å²) in [6.45, 7) is 9.93. The van der Waals surface area contributed by atoms with Gasteiger partial charge in [0.05, 0.1) is 8.07 Å². The van der Waals surface area contributed by atoms with E-state index >= 15 is 0 Å². The second-order valence-corrected chi connectivity index (χ2v) is 12.2. The summed E-state index contributed by atoms with van der Waals surface area (Å²) in [5.74, 6) is 0.981. The first-order valence-corrected chi connectivity index (χ1v) is 9.07. The van der Waals surface area contributed by atoms with E-state index in [-0.39, 0.29) is 5.54 Å². The summed E-state index contributed by atoms with van der Waals surface area (Å²) in [7, 11) is -1.10. The first-order valence-electron chi connectivity index (χ1n) is 5.57. The SMILES string of the molecule is C[C@]1([Si](C)(C)C)CCC2CC1(N)C2. The molecule has 76 valence electrons. The predicted octanol–water partition coefficient (Wildman–Crippen LogP) is 2.99. The van der Waals surface area contributed by atoms with Crippen molar-refractivity contribution in [3.05, 3.63) is 0 Å². The Morgan fingerprint density at radius 1 is 1.23 bits per heavy atom. The molecule has 0 amide bonds. The maximum Gasteiger partial charge on any atom is 0.0525 e. The molecule has 0 saturated heterocycles. The van der Waals surface area contributed by atoms with Gasteiger partial charge in [-0.15, -0.1) is 0 Å². The van der Waals surface area contributed by atoms with Crippen LogP contribution in [0.3, 0.4) is 0 Å². The van der Waals surface area contributed by atoms with E-state index in [1.165, 1.54) is 25.7 Å². The van der Waals surface area contributed by atoms with E-state index in [4.69, 9.17) is 5.73 Å². The molecule has 0 aromatic heterocycles. The Morgan fingerprint density at radius 2 is 1.77 bits per heavy atom. The van der Waals surface area contributed by atoms with Gasteiger partial charge < -0.3 is 5.73 Å². The van der Waals surface area contributed by atoms with Crippen molar-refractivity contribution in [3.8, 4) is 0 Å². The quantitative estimate of drug-likeness (QED) is 0.643. The van der Waals surface area contributed by atoms with Crippen LogP contribution in [-0.4, -0.2) is 13.6 Å². The number of nitrogens with two attached hydrogens (primary N) is 1. The highest BCUT2D eigenvalue weighted by atomic mass is 28.3. The van der Waals surface area contributed by atoms with E-state index in [1.54, 1.807) is 0 Å². The second kappa shape index (κ2) is 2.40. The molecule has 2 N–H and O–H groups in total. The van der Waals surface area contributed by atoms with Crippen molar-refractivity contribution < 1.29 is 0 Å². The third kappa shape index (κ3) is 1.08. The van der Waals surface area contributed by atoms with Crippen molar-refractivity contribution in [2.45, 2.75) is 62.8 Å². The molecule has 2 heteroatoms. The Balaban J connectivity index is 2.30. The van der Waals surface area contributed by atoms with E-state index in [0.717, 1.165) is 5.92 Å². The monoisotopic (exact) mass is 197 g/mol. The molecule has 0 unspecified atom stereocenters. The normalized spacial score (nSPS) is 50.1. The fraction of sp³-hybridized carbons (Fsp3) is 1.00. The highest BCUT2D eigenvalue weighted by Crippen LogP contribution is 2.65. The van der Waals surface area contributed by atoms with Crippen molar-refractivity contribution in [1.82, 2.24) is 0 Å². The zero-order chi connectivity index (χ0) is 9.91.